The van der Waals surface area contributed by atoms with Crippen LogP contribution in [0.15, 0.2) is 35.4 Å². The summed E-state index contributed by atoms with van der Waals surface area (Å²) in [5, 5.41) is 5.89. The van der Waals surface area contributed by atoms with Crippen LogP contribution in [0.2, 0.25) is 0 Å². The third-order valence-electron chi connectivity index (χ3n) is 4.00. The van der Waals surface area contributed by atoms with Crippen LogP contribution in [0, 0.1) is 0 Å². The van der Waals surface area contributed by atoms with Gasteiger partial charge in [0.25, 0.3) is 5.88 Å². The highest BCUT2D eigenvalue weighted by Gasteiger charge is 2.47. The van der Waals surface area contributed by atoms with Crippen molar-refractivity contribution in [2.24, 2.45) is 0 Å². The Kier molecular flexibility index (Phi) is 3.79. The maximum absolute atomic E-state index is 13.3. The van der Waals surface area contributed by atoms with Crippen molar-refractivity contribution in [2.75, 3.05) is 7.11 Å². The monoisotopic (exact) mass is 381 g/mol. The normalized spacial score (nSPS) is 17.2. The van der Waals surface area contributed by atoms with Crippen LogP contribution in [0.4, 0.5) is 8.78 Å². The van der Waals surface area contributed by atoms with Gasteiger partial charge in [-0.05, 0) is 25.1 Å². The van der Waals surface area contributed by atoms with Crippen LogP contribution in [0.5, 0.6) is 17.4 Å². The first-order chi connectivity index (χ1) is 12.4. The summed E-state index contributed by atoms with van der Waals surface area (Å²) in [6, 6.07) is 6.51. The average Bonchev–Trinajstić information content (AvgIpc) is 3.19. The zero-order valence-electron chi connectivity index (χ0n) is 13.7. The largest absolute Gasteiger partial charge is 0.587 e. The van der Waals surface area contributed by atoms with Gasteiger partial charge in [-0.2, -0.15) is 0 Å². The van der Waals surface area contributed by atoms with Crippen molar-refractivity contribution in [1.29, 1.82) is 0 Å². The van der Waals surface area contributed by atoms with Crippen molar-refractivity contribution >= 4 is 10.8 Å². The van der Waals surface area contributed by atoms with Gasteiger partial charge in [0.05, 0.1) is 39.4 Å². The van der Waals surface area contributed by atoms with Crippen LogP contribution in [0.1, 0.15) is 17.9 Å². The molecule has 0 radical (unpaired) electrons. The van der Waals surface area contributed by atoms with Crippen molar-refractivity contribution < 1.29 is 27.2 Å². The van der Waals surface area contributed by atoms with E-state index in [-0.39, 0.29) is 11.6 Å². The molecule has 10 heteroatoms. The lowest BCUT2D eigenvalue weighted by molar-refractivity contribution is -0.287. The number of fused-ring (bicyclic) bond motifs is 3. The highest BCUT2D eigenvalue weighted by molar-refractivity contribution is 7.85. The van der Waals surface area contributed by atoms with Crippen molar-refractivity contribution in [1.82, 2.24) is 15.2 Å². The fourth-order valence-corrected chi connectivity index (χ4v) is 3.99. The molecular formula is C16H13F2N3O4S. The summed E-state index contributed by atoms with van der Waals surface area (Å²) in [4.78, 5) is 4.64. The van der Waals surface area contributed by atoms with Crippen LogP contribution in [0.3, 0.4) is 0 Å². The molecule has 0 spiro atoms. The number of aromatic nitrogens is 3. The van der Waals surface area contributed by atoms with E-state index in [1.165, 1.54) is 13.2 Å². The maximum atomic E-state index is 13.3. The molecule has 136 valence electrons. The van der Waals surface area contributed by atoms with Gasteiger partial charge in [0, 0.05) is 17.8 Å². The molecule has 0 bridgehead atoms. The van der Waals surface area contributed by atoms with E-state index in [1.54, 1.807) is 31.3 Å². The second-order valence-electron chi connectivity index (χ2n) is 5.57. The second kappa shape index (κ2) is 5.90. The highest BCUT2D eigenvalue weighted by atomic mass is 32.2. The van der Waals surface area contributed by atoms with Crippen molar-refractivity contribution in [3.63, 3.8) is 0 Å². The van der Waals surface area contributed by atoms with Crippen molar-refractivity contribution in [3.05, 3.63) is 36.2 Å². The van der Waals surface area contributed by atoms with E-state index in [9.17, 15) is 13.0 Å². The topological polar surface area (TPSA) is 86.3 Å². The Labute approximate surface area is 149 Å². The lowest BCUT2D eigenvalue weighted by atomic mass is 10.2. The molecule has 0 saturated carbocycles. The molecule has 0 saturated heterocycles. The number of hydrogen-bond donors (Lipinski definition) is 1. The minimum absolute atomic E-state index is 0.181. The van der Waals surface area contributed by atoms with Gasteiger partial charge in [-0.1, -0.05) is 0 Å². The van der Waals surface area contributed by atoms with E-state index >= 15 is 0 Å². The quantitative estimate of drug-likeness (QED) is 0.747. The van der Waals surface area contributed by atoms with Gasteiger partial charge >= 0.3 is 6.29 Å². The molecule has 2 unspecified atom stereocenters. The molecule has 7 nitrogen and oxygen atoms in total. The van der Waals surface area contributed by atoms with Gasteiger partial charge in [0.1, 0.15) is 5.75 Å². The van der Waals surface area contributed by atoms with Crippen LogP contribution >= 0.6 is 0 Å². The minimum Gasteiger partial charge on any atom is -0.497 e. The second-order valence-corrected chi connectivity index (χ2v) is 7.31. The standard InChI is InChI=1S/C16H13F2N3O4S/c1-8(11-7-9(23-2)5-6-19-11)26(22)12-4-3-10-13(12)20-21-15-14(10)24-16(17,18)25-15/h3-8,20H,1-2H3. The van der Waals surface area contributed by atoms with Crippen LogP contribution in [-0.2, 0) is 10.8 Å². The molecule has 1 aromatic heterocycles. The van der Waals surface area contributed by atoms with Gasteiger partial charge < -0.3 is 14.2 Å². The van der Waals surface area contributed by atoms with Gasteiger partial charge in [-0.25, -0.2) is 0 Å². The molecule has 3 heterocycles. The van der Waals surface area contributed by atoms with Crippen molar-refractivity contribution in [3.8, 4) is 28.6 Å². The Morgan fingerprint density at radius 2 is 2.12 bits per heavy atom. The fraction of sp³-hybridized carbons (Fsp3) is 0.250. The SMILES string of the molecule is COc1ccnc(C(C)S(=O)c2ccc3c4c(n[nH]c2-3)OC(F)(F)O4)c1. The van der Waals surface area contributed by atoms with Crippen LogP contribution in [0.25, 0.3) is 11.3 Å². The van der Waals surface area contributed by atoms with Crippen LogP contribution in [-0.4, -0.2) is 32.8 Å². The van der Waals surface area contributed by atoms with E-state index in [2.05, 4.69) is 24.7 Å². The molecule has 1 aromatic rings. The molecule has 1 N–H and O–H groups in total. The van der Waals surface area contributed by atoms with E-state index in [0.29, 0.717) is 27.6 Å². The molecule has 2 atom stereocenters. The summed E-state index contributed by atoms with van der Waals surface area (Å²) in [5.41, 5.74) is 1.25. The third kappa shape index (κ3) is 2.66. The van der Waals surface area contributed by atoms with E-state index < -0.39 is 22.3 Å². The Morgan fingerprint density at radius 1 is 1.31 bits per heavy atom. The first-order valence-electron chi connectivity index (χ1n) is 7.57. The Morgan fingerprint density at radius 3 is 2.88 bits per heavy atom. The fourth-order valence-electron chi connectivity index (χ4n) is 2.70. The number of alkyl halides is 2. The highest BCUT2D eigenvalue weighted by Crippen LogP contribution is 2.48. The summed E-state index contributed by atoms with van der Waals surface area (Å²) in [7, 11) is 0.0106. The predicted octanol–water partition coefficient (Wildman–Crippen LogP) is 3.11. The number of hydrogen-bond acceptors (Lipinski definition) is 6. The zero-order chi connectivity index (χ0) is 18.5. The van der Waals surface area contributed by atoms with Gasteiger partial charge in [-0.3, -0.25) is 14.3 Å². The van der Waals surface area contributed by atoms with Crippen LogP contribution < -0.4 is 14.2 Å². The van der Waals surface area contributed by atoms with E-state index in [0.717, 1.165) is 0 Å². The van der Waals surface area contributed by atoms with Gasteiger partial charge in [0.2, 0.25) is 5.75 Å². The zero-order valence-corrected chi connectivity index (χ0v) is 14.5. The lowest BCUT2D eigenvalue weighted by Gasteiger charge is -2.13. The molecule has 2 aliphatic heterocycles. The summed E-state index contributed by atoms with van der Waals surface area (Å²) < 4.78 is 53.5. The van der Waals surface area contributed by atoms with Gasteiger partial charge in [-0.15, -0.1) is 13.9 Å². The Bertz CT molecular complexity index is 978. The van der Waals surface area contributed by atoms with Gasteiger partial charge in [0.15, 0.2) is 0 Å². The number of halogens is 2. The number of aromatic amines is 1. The summed E-state index contributed by atoms with van der Waals surface area (Å²) in [6.07, 6.45) is -2.20. The number of methoxy groups -OCH3 is 1. The molecule has 4 rings (SSSR count). The summed E-state index contributed by atoms with van der Waals surface area (Å²) >= 11 is 0. The third-order valence-corrected chi connectivity index (χ3v) is 5.66. The lowest BCUT2D eigenvalue weighted by Crippen LogP contribution is -2.26. The molecule has 0 amide bonds. The number of nitrogens with one attached hydrogen (secondary N) is 1. The minimum atomic E-state index is -3.77. The smallest absolute Gasteiger partial charge is 0.497 e. The molecule has 26 heavy (non-hydrogen) atoms. The molecule has 0 fully saturated rings. The maximum Gasteiger partial charge on any atom is 0.587 e. The Balaban J connectivity index is 1.68. The number of rotatable bonds is 4. The first kappa shape index (κ1) is 16.7. The molecule has 3 aliphatic rings. The number of ether oxygens (including phenoxy) is 3. The molecular weight excluding hydrogens is 368 g/mol. The summed E-state index contributed by atoms with van der Waals surface area (Å²) in [6.45, 7) is 1.76. The Hall–Kier alpha value is -2.75. The number of nitrogens with zero attached hydrogens (tertiary/aromatic N) is 2. The van der Waals surface area contributed by atoms with E-state index in [1.807, 2.05) is 0 Å². The summed E-state index contributed by atoms with van der Waals surface area (Å²) in [5.74, 6) is 0.0807. The number of H-pyrrole nitrogens is 1. The predicted molar refractivity (Wildman–Crippen MR) is 87.0 cm³/mol. The van der Waals surface area contributed by atoms with Crippen molar-refractivity contribution in [2.45, 2.75) is 23.4 Å². The first-order valence-corrected chi connectivity index (χ1v) is 8.78. The molecule has 0 aromatic carbocycles. The molecule has 1 aliphatic carbocycles. The van der Waals surface area contributed by atoms with E-state index in [4.69, 9.17) is 4.74 Å². The number of pyridine rings is 1. The average molecular weight is 381 g/mol.